The molecule has 0 amide bonds. The zero-order chi connectivity index (χ0) is 27.1. The highest BCUT2D eigenvalue weighted by Gasteiger charge is 2.46. The highest BCUT2D eigenvalue weighted by atomic mass is 32.3. The summed E-state index contributed by atoms with van der Waals surface area (Å²) in [6.07, 6.45) is 14.0. The lowest BCUT2D eigenvalue weighted by atomic mass is 10.1. The van der Waals surface area contributed by atoms with E-state index in [0.29, 0.717) is 0 Å². The lowest BCUT2D eigenvalue weighted by molar-refractivity contribution is -0.929. The Morgan fingerprint density at radius 2 is 0.824 bits per heavy atom. The number of quaternary nitrogens is 1. The molecule has 34 heavy (non-hydrogen) atoms. The molecule has 0 spiro atoms. The first-order valence-electron chi connectivity index (χ1n) is 11.7. The van der Waals surface area contributed by atoms with Gasteiger partial charge in [0, 0.05) is 0 Å². The molecule has 0 saturated carbocycles. The largest absolute Gasteiger partial charge is 0.480 e. The maximum Gasteiger partial charge on any atom is 0.480 e. The van der Waals surface area contributed by atoms with Crippen LogP contribution in [0.25, 0.3) is 4.13 Å². The Bertz CT molecular complexity index is 675. The van der Waals surface area contributed by atoms with Gasteiger partial charge in [-0.05, 0) is 32.1 Å². The Labute approximate surface area is 201 Å². The third-order valence-electron chi connectivity index (χ3n) is 5.23. The molecule has 0 aliphatic heterocycles. The average molecular weight is 551 g/mol. The van der Waals surface area contributed by atoms with Crippen molar-refractivity contribution in [3.8, 4) is 0 Å². The molecule has 0 rings (SSSR count). The van der Waals surface area contributed by atoms with Crippen molar-refractivity contribution in [2.24, 2.45) is 0 Å². The van der Waals surface area contributed by atoms with Crippen molar-refractivity contribution in [3.05, 3.63) is 4.13 Å². The van der Waals surface area contributed by atoms with E-state index in [0.717, 1.165) is 4.13 Å². The summed E-state index contributed by atoms with van der Waals surface area (Å²) in [7, 11) is -13.4. The van der Waals surface area contributed by atoms with Gasteiger partial charge < -0.3 is 8.61 Å². The Balaban J connectivity index is 0. The molecule has 0 radical (unpaired) electrons. The lowest BCUT2D eigenvalue weighted by Crippen LogP contribution is -2.50. The fraction of sp³-hybridized carbons (Fsp3) is 1.00. The minimum absolute atomic E-state index is 0.778. The molecule has 0 unspecified atom stereocenters. The molecule has 0 aromatic carbocycles. The topological polar surface area (TPSA) is 82.4 Å². The van der Waals surface area contributed by atoms with E-state index in [1.165, 1.54) is 94.9 Å². The zero-order valence-corrected chi connectivity index (χ0v) is 22.1. The summed E-state index contributed by atoms with van der Waals surface area (Å²) in [5.74, 6) is 0. The molecule has 0 heterocycles. The quantitative estimate of drug-likeness (QED) is 0.120. The van der Waals surface area contributed by atoms with Crippen LogP contribution in [0.2, 0.25) is 0 Å². The van der Waals surface area contributed by atoms with Crippen molar-refractivity contribution < 1.29 is 47.7 Å². The third-order valence-corrected chi connectivity index (χ3v) is 7.97. The van der Waals surface area contributed by atoms with Crippen molar-refractivity contribution >= 4 is 20.0 Å². The molecule has 0 saturated heterocycles. The average Bonchev–Trinajstić information content (AvgIpc) is 2.70. The number of alkyl halides is 6. The number of rotatable bonds is 16. The monoisotopic (exact) mass is 550 g/mol. The summed E-state index contributed by atoms with van der Waals surface area (Å²) >= 11 is 0. The lowest BCUT2D eigenvalue weighted by Gasteiger charge is -2.39. The van der Waals surface area contributed by atoms with E-state index in [1.54, 1.807) is 0 Å². The van der Waals surface area contributed by atoms with Crippen LogP contribution < -0.4 is 0 Å². The molecule has 0 atom stereocenters. The predicted molar refractivity (Wildman–Crippen MR) is 122 cm³/mol. The summed E-state index contributed by atoms with van der Waals surface area (Å²) in [6, 6.07) is 0. The SMILES string of the molecule is CCCCCC[N+](CCCC)(CCCC)CCCC.O=S(=O)([N-]S(=O)(=O)C(F)(F)F)C(F)(F)F. The van der Waals surface area contributed by atoms with Crippen LogP contribution in [-0.2, 0) is 20.0 Å². The molecule has 208 valence electrons. The van der Waals surface area contributed by atoms with Crippen LogP contribution in [0.5, 0.6) is 0 Å². The van der Waals surface area contributed by atoms with Crippen molar-refractivity contribution in [3.63, 3.8) is 0 Å². The van der Waals surface area contributed by atoms with Gasteiger partial charge in [-0.1, -0.05) is 59.8 Å². The highest BCUT2D eigenvalue weighted by Crippen LogP contribution is 2.36. The van der Waals surface area contributed by atoms with Crippen LogP contribution in [0.4, 0.5) is 26.3 Å². The predicted octanol–water partition coefficient (Wildman–Crippen LogP) is 6.84. The number of sulfonamides is 2. The molecular weight excluding hydrogens is 510 g/mol. The van der Waals surface area contributed by atoms with Crippen LogP contribution >= 0.6 is 0 Å². The van der Waals surface area contributed by atoms with Crippen molar-refractivity contribution in [2.75, 3.05) is 26.2 Å². The Hall–Kier alpha value is -0.600. The summed E-state index contributed by atoms with van der Waals surface area (Å²) < 4.78 is 111. The van der Waals surface area contributed by atoms with Crippen LogP contribution in [0, 0.1) is 0 Å². The van der Waals surface area contributed by atoms with Crippen LogP contribution in [0.3, 0.4) is 0 Å². The van der Waals surface area contributed by atoms with Crippen molar-refractivity contribution in [2.45, 2.75) is 103 Å². The number of hydrogen-bond donors (Lipinski definition) is 0. The van der Waals surface area contributed by atoms with Gasteiger partial charge in [0.2, 0.25) is 0 Å². The van der Waals surface area contributed by atoms with Gasteiger partial charge in [-0.25, -0.2) is 16.8 Å². The second-order valence-corrected chi connectivity index (χ2v) is 11.7. The Kier molecular flexibility index (Phi) is 16.9. The van der Waals surface area contributed by atoms with Gasteiger partial charge >= 0.3 is 11.0 Å². The molecule has 0 aromatic heterocycles. The van der Waals surface area contributed by atoms with E-state index in [-0.39, 0.29) is 0 Å². The smallest absolute Gasteiger partial charge is 0.421 e. The fourth-order valence-corrected chi connectivity index (χ4v) is 4.95. The maximum atomic E-state index is 11.4. The van der Waals surface area contributed by atoms with Crippen LogP contribution in [0.1, 0.15) is 91.9 Å². The van der Waals surface area contributed by atoms with Crippen LogP contribution in [0.15, 0.2) is 0 Å². The molecule has 0 aliphatic carbocycles. The second-order valence-electron chi connectivity index (χ2n) is 8.27. The van der Waals surface area contributed by atoms with Gasteiger partial charge in [-0.2, -0.15) is 26.3 Å². The standard InChI is InChI=1S/C18H40N.C2F6NO4S2/c1-5-9-13-14-18-19(15-10-6-2,16-11-7-3)17-12-8-4;3-1(4,5)14(10,11)9-15(12,13)2(6,7)8/h5-18H2,1-4H3;/q+1;-1. The number of hydrogen-bond acceptors (Lipinski definition) is 4. The second kappa shape index (κ2) is 16.2. The molecule has 6 nitrogen and oxygen atoms in total. The summed E-state index contributed by atoms with van der Waals surface area (Å²) in [6.45, 7) is 15.1. The minimum Gasteiger partial charge on any atom is -0.421 e. The van der Waals surface area contributed by atoms with Gasteiger partial charge in [-0.15, -0.1) is 0 Å². The normalized spacial score (nSPS) is 13.5. The third kappa shape index (κ3) is 14.1. The summed E-state index contributed by atoms with van der Waals surface area (Å²) in [4.78, 5) is 0. The fourth-order valence-electron chi connectivity index (χ4n) is 3.24. The summed E-state index contributed by atoms with van der Waals surface area (Å²) in [5, 5.41) is 0. The first kappa shape index (κ1) is 35.6. The Morgan fingerprint density at radius 3 is 1.09 bits per heavy atom. The van der Waals surface area contributed by atoms with Crippen molar-refractivity contribution in [1.82, 2.24) is 0 Å². The number of nitrogens with zero attached hydrogens (tertiary/aromatic N) is 2. The van der Waals surface area contributed by atoms with Crippen LogP contribution in [-0.4, -0.2) is 58.5 Å². The van der Waals surface area contributed by atoms with Gasteiger partial charge in [0.25, 0.3) is 0 Å². The van der Waals surface area contributed by atoms with E-state index < -0.39 is 31.1 Å². The van der Waals surface area contributed by atoms with Crippen molar-refractivity contribution in [1.29, 1.82) is 0 Å². The number of halogens is 6. The molecule has 14 heteroatoms. The van der Waals surface area contributed by atoms with Gasteiger partial charge in [0.05, 0.1) is 26.2 Å². The van der Waals surface area contributed by atoms with E-state index in [4.69, 9.17) is 0 Å². The minimum atomic E-state index is -6.72. The van der Waals surface area contributed by atoms with Gasteiger partial charge in [0.1, 0.15) is 0 Å². The molecule has 0 bridgehead atoms. The Morgan fingerprint density at radius 1 is 0.529 bits per heavy atom. The van der Waals surface area contributed by atoms with Gasteiger partial charge in [0.15, 0.2) is 20.0 Å². The maximum absolute atomic E-state index is 11.4. The highest BCUT2D eigenvalue weighted by molar-refractivity contribution is 8.13. The molecule has 0 N–H and O–H groups in total. The summed E-state index contributed by atoms with van der Waals surface area (Å²) in [5.41, 5.74) is -12.4. The van der Waals surface area contributed by atoms with E-state index in [2.05, 4.69) is 27.7 Å². The van der Waals surface area contributed by atoms with E-state index in [9.17, 15) is 43.2 Å². The first-order valence-corrected chi connectivity index (χ1v) is 14.5. The van der Waals surface area contributed by atoms with E-state index >= 15 is 0 Å². The van der Waals surface area contributed by atoms with Gasteiger partial charge in [-0.3, -0.25) is 0 Å². The van der Waals surface area contributed by atoms with E-state index in [1.807, 2.05) is 0 Å². The molecule has 0 aliphatic rings. The molecule has 0 fully saturated rings. The molecular formula is C20H40F6N2O4S2. The molecule has 0 aromatic rings. The zero-order valence-electron chi connectivity index (χ0n) is 20.5. The number of unbranched alkanes of at least 4 members (excludes halogenated alkanes) is 6. The first-order chi connectivity index (χ1) is 15.4.